The number of ketones is 1. The van der Waals surface area contributed by atoms with Crippen molar-refractivity contribution in [1.29, 1.82) is 0 Å². The van der Waals surface area contributed by atoms with Gasteiger partial charge in [-0.15, -0.1) is 0 Å². The van der Waals surface area contributed by atoms with Crippen LogP contribution in [0.5, 0.6) is 0 Å². The number of pyridine rings is 1. The molecule has 0 amide bonds. The summed E-state index contributed by atoms with van der Waals surface area (Å²) in [5.74, 6) is 0.526. The van der Waals surface area contributed by atoms with E-state index in [4.69, 9.17) is 11.6 Å². The quantitative estimate of drug-likeness (QED) is 0.817. The van der Waals surface area contributed by atoms with Gasteiger partial charge in [0.05, 0.1) is 4.47 Å². The molecule has 0 saturated heterocycles. The second-order valence-corrected chi connectivity index (χ2v) is 4.59. The van der Waals surface area contributed by atoms with Crippen molar-refractivity contribution in [3.63, 3.8) is 0 Å². The molecule has 0 N–H and O–H groups in total. The van der Waals surface area contributed by atoms with Gasteiger partial charge in [0, 0.05) is 18.7 Å². The second kappa shape index (κ2) is 4.98. The van der Waals surface area contributed by atoms with Crippen LogP contribution in [0.15, 0.2) is 28.9 Å². The van der Waals surface area contributed by atoms with E-state index in [2.05, 4.69) is 26.0 Å². The van der Waals surface area contributed by atoms with Crippen molar-refractivity contribution >= 4 is 33.3 Å². The summed E-state index contributed by atoms with van der Waals surface area (Å²) in [6.45, 7) is 1.79. The molecule has 0 aliphatic carbocycles. The van der Waals surface area contributed by atoms with Crippen LogP contribution in [-0.4, -0.2) is 20.5 Å². The molecule has 0 radical (unpaired) electrons. The van der Waals surface area contributed by atoms with Gasteiger partial charge in [-0.2, -0.15) is 5.10 Å². The zero-order valence-corrected chi connectivity index (χ0v) is 11.4. The number of Topliss-reactive ketones (excluding diaryl/α,β-unsaturated/α-hetero) is 1. The molecule has 0 aromatic carbocycles. The summed E-state index contributed by atoms with van der Waals surface area (Å²) in [4.78, 5) is 16.0. The lowest BCUT2D eigenvalue weighted by Crippen LogP contribution is -2.09. The summed E-state index contributed by atoms with van der Waals surface area (Å²) >= 11 is 9.21. The molecule has 0 bridgehead atoms. The van der Waals surface area contributed by atoms with Crippen molar-refractivity contribution in [2.24, 2.45) is 0 Å². The van der Waals surface area contributed by atoms with Crippen molar-refractivity contribution in [2.75, 3.05) is 0 Å². The van der Waals surface area contributed by atoms with Crippen molar-refractivity contribution in [2.45, 2.75) is 13.3 Å². The normalized spacial score (nSPS) is 10.5. The minimum Gasteiger partial charge on any atom is -0.292 e. The van der Waals surface area contributed by atoms with Crippen LogP contribution in [0.1, 0.15) is 23.8 Å². The first-order valence-electron chi connectivity index (χ1n) is 5.03. The van der Waals surface area contributed by atoms with Crippen LogP contribution >= 0.6 is 27.5 Å². The summed E-state index contributed by atoms with van der Waals surface area (Å²) in [5.41, 5.74) is 0.442. The molecule has 0 saturated carbocycles. The van der Waals surface area contributed by atoms with Gasteiger partial charge in [-0.3, -0.25) is 4.79 Å². The van der Waals surface area contributed by atoms with Gasteiger partial charge in [0.1, 0.15) is 5.69 Å². The highest BCUT2D eigenvalue weighted by Gasteiger charge is 2.16. The second-order valence-electron chi connectivity index (χ2n) is 3.35. The Morgan fingerprint density at radius 3 is 3.00 bits per heavy atom. The molecule has 0 fully saturated rings. The highest BCUT2D eigenvalue weighted by atomic mass is 79.9. The minimum atomic E-state index is -0.0260. The molecule has 2 rings (SSSR count). The summed E-state index contributed by atoms with van der Waals surface area (Å²) < 4.78 is 2.21. The Labute approximate surface area is 112 Å². The van der Waals surface area contributed by atoms with Crippen molar-refractivity contribution in [3.05, 3.63) is 39.7 Å². The van der Waals surface area contributed by atoms with E-state index >= 15 is 0 Å². The fraction of sp³-hybridized carbons (Fsp3) is 0.182. The van der Waals surface area contributed by atoms with Crippen LogP contribution in [0, 0.1) is 0 Å². The van der Waals surface area contributed by atoms with Crippen molar-refractivity contribution in [3.8, 4) is 5.82 Å². The molecular formula is C11H9BrClN3O. The fourth-order valence-corrected chi connectivity index (χ4v) is 2.03. The van der Waals surface area contributed by atoms with E-state index < -0.39 is 0 Å². The van der Waals surface area contributed by atoms with Gasteiger partial charge in [-0.25, -0.2) is 9.67 Å². The van der Waals surface area contributed by atoms with Crippen LogP contribution in [-0.2, 0) is 0 Å². The van der Waals surface area contributed by atoms with Crippen LogP contribution < -0.4 is 0 Å². The van der Waals surface area contributed by atoms with Crippen LogP contribution in [0.25, 0.3) is 5.82 Å². The molecule has 6 heteroatoms. The summed E-state index contributed by atoms with van der Waals surface area (Å²) in [6, 6.07) is 5.17. The maximum Gasteiger partial charge on any atom is 0.181 e. The monoisotopic (exact) mass is 313 g/mol. The SMILES string of the molecule is CCC(=O)c1cc(Cl)nn1-c1ncccc1Br. The number of nitrogens with zero attached hydrogens (tertiary/aromatic N) is 3. The van der Waals surface area contributed by atoms with E-state index in [1.165, 1.54) is 4.68 Å². The molecule has 2 aromatic heterocycles. The van der Waals surface area contributed by atoms with Gasteiger partial charge in [0.2, 0.25) is 0 Å². The van der Waals surface area contributed by atoms with Gasteiger partial charge >= 0.3 is 0 Å². The van der Waals surface area contributed by atoms with Crippen LogP contribution in [0.4, 0.5) is 0 Å². The van der Waals surface area contributed by atoms with E-state index in [1.807, 2.05) is 6.07 Å². The van der Waals surface area contributed by atoms with Crippen molar-refractivity contribution in [1.82, 2.24) is 14.8 Å². The van der Waals surface area contributed by atoms with E-state index in [-0.39, 0.29) is 10.9 Å². The molecule has 0 spiro atoms. The Kier molecular flexibility index (Phi) is 3.59. The highest BCUT2D eigenvalue weighted by Crippen LogP contribution is 2.21. The van der Waals surface area contributed by atoms with E-state index in [0.29, 0.717) is 17.9 Å². The standard InChI is InChI=1S/C11H9BrClN3O/c1-2-9(17)8-6-10(13)15-16(8)11-7(12)4-3-5-14-11/h3-6H,2H2,1H3. The third kappa shape index (κ3) is 2.40. The van der Waals surface area contributed by atoms with Crippen molar-refractivity contribution < 1.29 is 4.79 Å². The molecule has 0 unspecified atom stereocenters. The zero-order chi connectivity index (χ0) is 12.4. The number of halogens is 2. The predicted molar refractivity (Wildman–Crippen MR) is 68.7 cm³/mol. The third-order valence-electron chi connectivity index (χ3n) is 2.23. The first-order valence-corrected chi connectivity index (χ1v) is 6.20. The number of hydrogen-bond donors (Lipinski definition) is 0. The summed E-state index contributed by atoms with van der Waals surface area (Å²) in [6.07, 6.45) is 2.03. The lowest BCUT2D eigenvalue weighted by molar-refractivity contribution is 0.0980. The Balaban J connectivity index is 2.60. The van der Waals surface area contributed by atoms with E-state index in [0.717, 1.165) is 4.47 Å². The average Bonchev–Trinajstić information content (AvgIpc) is 2.71. The first kappa shape index (κ1) is 12.3. The minimum absolute atomic E-state index is 0.0260. The molecule has 0 atom stereocenters. The third-order valence-corrected chi connectivity index (χ3v) is 3.03. The first-order chi connectivity index (χ1) is 8.13. The lowest BCUT2D eigenvalue weighted by atomic mass is 10.2. The average molecular weight is 315 g/mol. The fourth-order valence-electron chi connectivity index (χ4n) is 1.43. The zero-order valence-electron chi connectivity index (χ0n) is 9.02. The number of carbonyl (C=O) groups excluding carboxylic acids is 1. The topological polar surface area (TPSA) is 47.8 Å². The van der Waals surface area contributed by atoms with Gasteiger partial charge in [0.15, 0.2) is 16.8 Å². The maximum atomic E-state index is 11.8. The number of rotatable bonds is 3. The summed E-state index contributed by atoms with van der Waals surface area (Å²) in [5, 5.41) is 4.36. The van der Waals surface area contributed by atoms with Crippen LogP contribution in [0.3, 0.4) is 0 Å². The number of aromatic nitrogens is 3. The molecule has 88 valence electrons. The molecule has 2 heterocycles. The smallest absolute Gasteiger partial charge is 0.181 e. The number of hydrogen-bond acceptors (Lipinski definition) is 3. The van der Waals surface area contributed by atoms with Gasteiger partial charge in [-0.05, 0) is 28.1 Å². The van der Waals surface area contributed by atoms with E-state index in [1.54, 1.807) is 25.3 Å². The summed E-state index contributed by atoms with van der Waals surface area (Å²) in [7, 11) is 0. The Morgan fingerprint density at radius 1 is 1.59 bits per heavy atom. The number of carbonyl (C=O) groups is 1. The van der Waals surface area contributed by atoms with Gasteiger partial charge in [-0.1, -0.05) is 18.5 Å². The van der Waals surface area contributed by atoms with Gasteiger partial charge in [0.25, 0.3) is 0 Å². The lowest BCUT2D eigenvalue weighted by Gasteiger charge is -2.06. The largest absolute Gasteiger partial charge is 0.292 e. The molecule has 4 nitrogen and oxygen atoms in total. The molecule has 17 heavy (non-hydrogen) atoms. The Hall–Kier alpha value is -1.20. The molecule has 2 aromatic rings. The van der Waals surface area contributed by atoms with Crippen LogP contribution in [0.2, 0.25) is 5.15 Å². The predicted octanol–water partition coefficient (Wildman–Crippen LogP) is 3.28. The maximum absolute atomic E-state index is 11.8. The molecule has 0 aliphatic heterocycles. The molecular weight excluding hydrogens is 305 g/mol. The molecule has 0 aliphatic rings. The van der Waals surface area contributed by atoms with Gasteiger partial charge < -0.3 is 0 Å². The van der Waals surface area contributed by atoms with E-state index in [9.17, 15) is 4.79 Å². The Morgan fingerprint density at radius 2 is 2.35 bits per heavy atom. The Bertz CT molecular complexity index is 568. The highest BCUT2D eigenvalue weighted by molar-refractivity contribution is 9.10.